The van der Waals surface area contributed by atoms with Gasteiger partial charge in [0.1, 0.15) is 5.82 Å². The van der Waals surface area contributed by atoms with E-state index in [-0.39, 0.29) is 5.82 Å². The third-order valence-electron chi connectivity index (χ3n) is 1.95. The largest absolute Gasteiger partial charge is 0.631 e. The van der Waals surface area contributed by atoms with E-state index in [1.165, 1.54) is 12.1 Å². The van der Waals surface area contributed by atoms with Gasteiger partial charge in [-0.1, -0.05) is 42.5 Å². The number of rotatable bonds is 1. The molecule has 0 fully saturated rings. The van der Waals surface area contributed by atoms with Gasteiger partial charge in [0, 0.05) is 0 Å². The molecule has 2 aromatic rings. The van der Waals surface area contributed by atoms with Crippen molar-refractivity contribution in [2.24, 2.45) is 0 Å². The summed E-state index contributed by atoms with van der Waals surface area (Å²) in [5.41, 5.74) is 2.16. The standard InChI is InChI=1S/C12H9F.BH3O3/c13-12-8-6-11(7-9-12)10-4-2-1-3-5-10;2-1(3)4/h1-9H;2-4H. The molecule has 0 atom stereocenters. The first kappa shape index (κ1) is 13.4. The highest BCUT2D eigenvalue weighted by molar-refractivity contribution is 6.30. The van der Waals surface area contributed by atoms with Crippen molar-refractivity contribution in [2.45, 2.75) is 0 Å². The summed E-state index contributed by atoms with van der Waals surface area (Å²) in [5, 5.41) is 21.5. The van der Waals surface area contributed by atoms with Gasteiger partial charge in [-0.15, -0.1) is 0 Å². The van der Waals surface area contributed by atoms with Gasteiger partial charge in [-0.05, 0) is 23.3 Å². The van der Waals surface area contributed by atoms with Crippen LogP contribution in [0.25, 0.3) is 11.1 Å². The predicted octanol–water partition coefficient (Wildman–Crippen LogP) is 1.44. The van der Waals surface area contributed by atoms with Crippen LogP contribution in [0.2, 0.25) is 0 Å². The number of hydrogen-bond donors (Lipinski definition) is 3. The van der Waals surface area contributed by atoms with Crippen molar-refractivity contribution in [3.8, 4) is 11.1 Å². The van der Waals surface area contributed by atoms with Crippen molar-refractivity contribution in [3.63, 3.8) is 0 Å². The molecular weight excluding hydrogens is 222 g/mol. The van der Waals surface area contributed by atoms with Crippen LogP contribution >= 0.6 is 0 Å². The maximum atomic E-state index is 12.6. The summed E-state index contributed by atoms with van der Waals surface area (Å²) in [4.78, 5) is 0. The lowest BCUT2D eigenvalue weighted by Gasteiger charge is -1.99. The molecule has 0 radical (unpaired) electrons. The molecular formula is C12H12BFO3. The molecule has 17 heavy (non-hydrogen) atoms. The van der Waals surface area contributed by atoms with E-state index in [9.17, 15) is 4.39 Å². The summed E-state index contributed by atoms with van der Waals surface area (Å²) in [6.45, 7) is 0. The first-order chi connectivity index (χ1) is 8.09. The summed E-state index contributed by atoms with van der Waals surface area (Å²) in [6.07, 6.45) is 0. The number of hydrogen-bond acceptors (Lipinski definition) is 3. The molecule has 0 amide bonds. The van der Waals surface area contributed by atoms with Crippen LogP contribution < -0.4 is 0 Å². The van der Waals surface area contributed by atoms with Crippen molar-refractivity contribution >= 4 is 7.32 Å². The quantitative estimate of drug-likeness (QED) is 0.654. The fourth-order valence-electron chi connectivity index (χ4n) is 1.27. The fourth-order valence-corrected chi connectivity index (χ4v) is 1.27. The van der Waals surface area contributed by atoms with Crippen LogP contribution in [0.5, 0.6) is 0 Å². The van der Waals surface area contributed by atoms with E-state index in [0.29, 0.717) is 0 Å². The van der Waals surface area contributed by atoms with E-state index in [4.69, 9.17) is 15.1 Å². The van der Waals surface area contributed by atoms with Gasteiger partial charge in [-0.3, -0.25) is 0 Å². The highest BCUT2D eigenvalue weighted by Gasteiger charge is 1.95. The Kier molecular flexibility index (Phi) is 5.35. The lowest BCUT2D eigenvalue weighted by molar-refractivity contribution is 0.278. The highest BCUT2D eigenvalue weighted by Crippen LogP contribution is 2.18. The van der Waals surface area contributed by atoms with Crippen LogP contribution in [0.4, 0.5) is 4.39 Å². The molecule has 5 heteroatoms. The van der Waals surface area contributed by atoms with Gasteiger partial charge >= 0.3 is 7.32 Å². The van der Waals surface area contributed by atoms with E-state index in [1.54, 1.807) is 12.1 Å². The zero-order valence-electron chi connectivity index (χ0n) is 8.99. The van der Waals surface area contributed by atoms with Crippen LogP contribution in [-0.2, 0) is 0 Å². The first-order valence-electron chi connectivity index (χ1n) is 4.95. The van der Waals surface area contributed by atoms with Crippen molar-refractivity contribution in [1.29, 1.82) is 0 Å². The van der Waals surface area contributed by atoms with Gasteiger partial charge in [0.2, 0.25) is 0 Å². The van der Waals surface area contributed by atoms with Crippen molar-refractivity contribution in [3.05, 3.63) is 60.4 Å². The topological polar surface area (TPSA) is 60.7 Å². The van der Waals surface area contributed by atoms with E-state index < -0.39 is 7.32 Å². The highest BCUT2D eigenvalue weighted by atomic mass is 19.1. The Labute approximate surface area is 99.0 Å². The third kappa shape index (κ3) is 5.26. The molecule has 0 unspecified atom stereocenters. The summed E-state index contributed by atoms with van der Waals surface area (Å²) < 4.78 is 12.6. The van der Waals surface area contributed by atoms with E-state index in [2.05, 4.69) is 0 Å². The minimum absolute atomic E-state index is 0.195. The SMILES string of the molecule is Fc1ccc(-c2ccccc2)cc1.OB(O)O. The lowest BCUT2D eigenvalue weighted by atomic mass is 10.1. The van der Waals surface area contributed by atoms with Gasteiger partial charge in [0.05, 0.1) is 0 Å². The van der Waals surface area contributed by atoms with E-state index in [0.717, 1.165) is 11.1 Å². The van der Waals surface area contributed by atoms with Gasteiger partial charge in [-0.25, -0.2) is 4.39 Å². The lowest BCUT2D eigenvalue weighted by Crippen LogP contribution is -2.07. The van der Waals surface area contributed by atoms with Crippen LogP contribution in [0, 0.1) is 5.82 Å². The molecule has 88 valence electrons. The molecule has 2 aromatic carbocycles. The predicted molar refractivity (Wildman–Crippen MR) is 64.2 cm³/mol. The summed E-state index contributed by atoms with van der Waals surface area (Å²) >= 11 is 0. The summed E-state index contributed by atoms with van der Waals surface area (Å²) in [5.74, 6) is -0.195. The molecule has 0 aromatic heterocycles. The zero-order chi connectivity index (χ0) is 12.7. The Bertz CT molecular complexity index is 429. The van der Waals surface area contributed by atoms with Crippen molar-refractivity contribution in [1.82, 2.24) is 0 Å². The minimum Gasteiger partial charge on any atom is -0.402 e. The fraction of sp³-hybridized carbons (Fsp3) is 0. The van der Waals surface area contributed by atoms with Crippen molar-refractivity contribution < 1.29 is 19.5 Å². The Hall–Kier alpha value is -1.69. The Morgan fingerprint density at radius 3 is 1.59 bits per heavy atom. The molecule has 0 aliphatic rings. The molecule has 0 bridgehead atoms. The monoisotopic (exact) mass is 234 g/mol. The molecule has 0 aliphatic heterocycles. The van der Waals surface area contributed by atoms with Gasteiger partial charge in [0.25, 0.3) is 0 Å². The smallest absolute Gasteiger partial charge is 0.402 e. The second kappa shape index (κ2) is 6.80. The Balaban J connectivity index is 0.000000317. The van der Waals surface area contributed by atoms with Crippen LogP contribution in [-0.4, -0.2) is 22.4 Å². The second-order valence-electron chi connectivity index (χ2n) is 3.22. The second-order valence-corrected chi connectivity index (χ2v) is 3.22. The van der Waals surface area contributed by atoms with Gasteiger partial charge in [0.15, 0.2) is 0 Å². The van der Waals surface area contributed by atoms with Crippen LogP contribution in [0.15, 0.2) is 54.6 Å². The van der Waals surface area contributed by atoms with Crippen LogP contribution in [0.3, 0.4) is 0 Å². The van der Waals surface area contributed by atoms with Gasteiger partial charge in [-0.2, -0.15) is 0 Å². The average Bonchev–Trinajstić information content (AvgIpc) is 2.30. The van der Waals surface area contributed by atoms with Crippen LogP contribution in [0.1, 0.15) is 0 Å². The normalized spacial score (nSPS) is 9.18. The number of benzene rings is 2. The summed E-state index contributed by atoms with van der Waals surface area (Å²) in [6, 6.07) is 16.4. The molecule has 2 rings (SSSR count). The van der Waals surface area contributed by atoms with E-state index >= 15 is 0 Å². The molecule has 0 saturated heterocycles. The maximum Gasteiger partial charge on any atom is 0.631 e. The average molecular weight is 234 g/mol. The molecule has 3 N–H and O–H groups in total. The number of halogens is 1. The maximum absolute atomic E-state index is 12.6. The Morgan fingerprint density at radius 2 is 1.12 bits per heavy atom. The van der Waals surface area contributed by atoms with Crippen molar-refractivity contribution in [2.75, 3.05) is 0 Å². The molecule has 0 heterocycles. The Morgan fingerprint density at radius 1 is 0.706 bits per heavy atom. The summed E-state index contributed by atoms with van der Waals surface area (Å²) in [7, 11) is -2.17. The first-order valence-corrected chi connectivity index (χ1v) is 4.95. The third-order valence-corrected chi connectivity index (χ3v) is 1.95. The molecule has 0 aliphatic carbocycles. The van der Waals surface area contributed by atoms with E-state index in [1.807, 2.05) is 30.3 Å². The zero-order valence-corrected chi connectivity index (χ0v) is 8.99. The molecule has 3 nitrogen and oxygen atoms in total. The molecule has 0 saturated carbocycles. The minimum atomic E-state index is -2.17. The van der Waals surface area contributed by atoms with Gasteiger partial charge < -0.3 is 15.1 Å². The molecule has 0 spiro atoms.